The van der Waals surface area contributed by atoms with Gasteiger partial charge < -0.3 is 14.4 Å². The molecule has 2 aromatic rings. The smallest absolute Gasteiger partial charge is 0.422 e. The molecule has 1 aliphatic rings. The van der Waals surface area contributed by atoms with Gasteiger partial charge in [0.2, 0.25) is 0 Å². The highest BCUT2D eigenvalue weighted by Crippen LogP contribution is 2.31. The Balaban J connectivity index is 1.68. The van der Waals surface area contributed by atoms with Crippen LogP contribution in [0.15, 0.2) is 36.5 Å². The van der Waals surface area contributed by atoms with Gasteiger partial charge in [-0.3, -0.25) is 5.32 Å². The summed E-state index contributed by atoms with van der Waals surface area (Å²) in [5, 5.41) is 2.81. The average Bonchev–Trinajstić information content (AvgIpc) is 2.74. The zero-order valence-corrected chi connectivity index (χ0v) is 20.4. The number of methoxy groups -OCH3 is 1. The highest BCUT2D eigenvalue weighted by molar-refractivity contribution is 7.88. The summed E-state index contributed by atoms with van der Waals surface area (Å²) in [6.45, 7) is 6.16. The lowest BCUT2D eigenvalue weighted by molar-refractivity contribution is 0.0569. The fourth-order valence-electron chi connectivity index (χ4n) is 3.28. The van der Waals surface area contributed by atoms with Crippen LogP contribution in [-0.2, 0) is 32.8 Å². The molecule has 11 nitrogen and oxygen atoms in total. The van der Waals surface area contributed by atoms with Crippen LogP contribution in [0.25, 0.3) is 11.1 Å². The van der Waals surface area contributed by atoms with E-state index in [1.54, 1.807) is 51.1 Å². The number of hydrogen-bond donors (Lipinski definition) is 3. The number of hydrogen-bond acceptors (Lipinski definition) is 7. The maximum Gasteiger partial charge on any atom is 0.422 e. The Morgan fingerprint density at radius 3 is 2.56 bits per heavy atom. The van der Waals surface area contributed by atoms with Crippen molar-refractivity contribution in [1.82, 2.24) is 19.3 Å². The lowest BCUT2D eigenvalue weighted by Crippen LogP contribution is -2.42. The Bertz CT molecular complexity index is 1150. The monoisotopic (exact) mass is 491 g/mol. The third kappa shape index (κ3) is 6.89. The van der Waals surface area contributed by atoms with Crippen LogP contribution in [0, 0.1) is 0 Å². The summed E-state index contributed by atoms with van der Waals surface area (Å²) in [5.41, 5.74) is 2.56. The van der Waals surface area contributed by atoms with Crippen molar-refractivity contribution >= 4 is 28.2 Å². The van der Waals surface area contributed by atoms with E-state index in [0.717, 1.165) is 16.7 Å². The molecule has 34 heavy (non-hydrogen) atoms. The maximum absolute atomic E-state index is 12.3. The summed E-state index contributed by atoms with van der Waals surface area (Å²) in [6.07, 6.45) is 0.577. The minimum Gasteiger partial charge on any atom is -0.443 e. The predicted molar refractivity (Wildman–Crippen MR) is 126 cm³/mol. The number of nitrogens with zero attached hydrogens (tertiary/aromatic N) is 2. The van der Waals surface area contributed by atoms with Crippen LogP contribution in [0.3, 0.4) is 0 Å². The Morgan fingerprint density at radius 1 is 1.21 bits per heavy atom. The molecule has 0 bridgehead atoms. The number of carbonyl (C=O) groups is 2. The topological polar surface area (TPSA) is 139 Å². The van der Waals surface area contributed by atoms with E-state index >= 15 is 0 Å². The van der Waals surface area contributed by atoms with E-state index < -0.39 is 21.9 Å². The summed E-state index contributed by atoms with van der Waals surface area (Å²) in [6, 6.07) is 8.92. The van der Waals surface area contributed by atoms with Crippen LogP contribution >= 0.6 is 0 Å². The van der Waals surface area contributed by atoms with Gasteiger partial charge in [0.15, 0.2) is 0 Å². The van der Waals surface area contributed by atoms with Gasteiger partial charge in [0.1, 0.15) is 11.4 Å². The van der Waals surface area contributed by atoms with Crippen molar-refractivity contribution in [2.75, 3.05) is 25.6 Å². The zero-order valence-electron chi connectivity index (χ0n) is 19.5. The predicted octanol–water partition coefficient (Wildman–Crippen LogP) is 2.60. The average molecular weight is 492 g/mol. The van der Waals surface area contributed by atoms with Crippen LogP contribution < -0.4 is 14.8 Å². The van der Waals surface area contributed by atoms with Gasteiger partial charge in [0.25, 0.3) is 0 Å². The molecule has 12 heteroatoms. The van der Waals surface area contributed by atoms with Crippen LogP contribution in [0.4, 0.5) is 15.4 Å². The van der Waals surface area contributed by atoms with E-state index in [4.69, 9.17) is 9.47 Å². The third-order valence-corrected chi connectivity index (χ3v) is 5.79. The van der Waals surface area contributed by atoms with E-state index in [1.165, 1.54) is 0 Å². The van der Waals surface area contributed by atoms with Gasteiger partial charge in [0, 0.05) is 32.0 Å². The van der Waals surface area contributed by atoms with Crippen LogP contribution in [0.5, 0.6) is 0 Å². The second kappa shape index (κ2) is 10.4. The number of carbonyl (C=O) groups excluding carboxylic acids is 2. The Kier molecular flexibility index (Phi) is 7.75. The first-order chi connectivity index (χ1) is 16.0. The number of amides is 3. The summed E-state index contributed by atoms with van der Waals surface area (Å²) in [5.74, 6) is 0.515. The van der Waals surface area contributed by atoms with E-state index in [9.17, 15) is 18.0 Å². The van der Waals surface area contributed by atoms with Crippen molar-refractivity contribution in [2.45, 2.75) is 39.5 Å². The van der Waals surface area contributed by atoms with Crippen molar-refractivity contribution in [3.63, 3.8) is 0 Å². The molecule has 0 radical (unpaired) electrons. The van der Waals surface area contributed by atoms with Gasteiger partial charge in [-0.15, -0.1) is 0 Å². The number of nitrogens with one attached hydrogen (secondary N) is 3. The standard InChI is InChI=1S/C22H29N5O6S/c1-22(2,3)33-21(29)26-34(30,31)24-13-15-5-7-16(8-6-15)17-9-10-23-19-18(17)14-27(11-12-32-4)20(28)25-19/h5-10,24H,11-14H2,1-4H3,(H,26,29)(H,23,25,28). The molecular weight excluding hydrogens is 462 g/mol. The second-order valence-corrected chi connectivity index (χ2v) is 10.2. The number of rotatable bonds is 8. The fraction of sp³-hybridized carbons (Fsp3) is 0.409. The van der Waals surface area contributed by atoms with E-state index in [2.05, 4.69) is 15.0 Å². The Hall–Kier alpha value is -3.22. The molecule has 0 aliphatic carbocycles. The van der Waals surface area contributed by atoms with Crippen LogP contribution in [0.1, 0.15) is 31.9 Å². The van der Waals surface area contributed by atoms with Gasteiger partial charge >= 0.3 is 22.3 Å². The molecule has 184 valence electrons. The van der Waals surface area contributed by atoms with E-state index in [0.29, 0.717) is 31.1 Å². The summed E-state index contributed by atoms with van der Waals surface area (Å²) >= 11 is 0. The number of urea groups is 1. The molecule has 0 saturated heterocycles. The van der Waals surface area contributed by atoms with Crippen LogP contribution in [0.2, 0.25) is 0 Å². The Labute approximate surface area is 199 Å². The van der Waals surface area contributed by atoms with Gasteiger partial charge in [0.05, 0.1) is 13.2 Å². The van der Waals surface area contributed by atoms with Crippen molar-refractivity contribution < 1.29 is 27.5 Å². The molecule has 1 aromatic carbocycles. The van der Waals surface area contributed by atoms with Gasteiger partial charge in [-0.1, -0.05) is 24.3 Å². The molecule has 3 rings (SSSR count). The first kappa shape index (κ1) is 25.4. The van der Waals surface area contributed by atoms with E-state index in [1.807, 2.05) is 22.9 Å². The van der Waals surface area contributed by atoms with Gasteiger partial charge in [-0.2, -0.15) is 13.1 Å². The molecule has 3 amide bonds. The molecule has 1 aliphatic heterocycles. The first-order valence-electron chi connectivity index (χ1n) is 10.6. The molecule has 0 atom stereocenters. The molecule has 0 fully saturated rings. The molecule has 1 aromatic heterocycles. The van der Waals surface area contributed by atoms with Crippen molar-refractivity contribution in [3.05, 3.63) is 47.7 Å². The zero-order chi connectivity index (χ0) is 24.9. The number of fused-ring (bicyclic) bond motifs is 1. The van der Waals surface area contributed by atoms with Crippen molar-refractivity contribution in [1.29, 1.82) is 0 Å². The lowest BCUT2D eigenvalue weighted by Gasteiger charge is -2.29. The first-order valence-corrected chi connectivity index (χ1v) is 12.1. The lowest BCUT2D eigenvalue weighted by atomic mass is 9.98. The number of anilines is 1. The van der Waals surface area contributed by atoms with Crippen molar-refractivity contribution in [3.8, 4) is 11.1 Å². The number of aromatic nitrogens is 1. The molecule has 2 heterocycles. The van der Waals surface area contributed by atoms with Crippen molar-refractivity contribution in [2.24, 2.45) is 0 Å². The molecule has 0 spiro atoms. The minimum atomic E-state index is -4.08. The quantitative estimate of drug-likeness (QED) is 0.516. The third-order valence-electron chi connectivity index (χ3n) is 4.83. The maximum atomic E-state index is 12.3. The molecule has 3 N–H and O–H groups in total. The Morgan fingerprint density at radius 2 is 1.91 bits per heavy atom. The largest absolute Gasteiger partial charge is 0.443 e. The highest BCUT2D eigenvalue weighted by atomic mass is 32.2. The molecule has 0 unspecified atom stereocenters. The SMILES string of the molecule is COCCN1Cc2c(-c3ccc(CNS(=O)(=O)NC(=O)OC(C)(C)C)cc3)ccnc2NC1=O. The number of ether oxygens (including phenoxy) is 2. The van der Waals surface area contributed by atoms with Gasteiger partial charge in [-0.25, -0.2) is 19.3 Å². The minimum absolute atomic E-state index is 0.0201. The second-order valence-electron chi connectivity index (χ2n) is 8.66. The van der Waals surface area contributed by atoms with E-state index in [-0.39, 0.29) is 12.6 Å². The summed E-state index contributed by atoms with van der Waals surface area (Å²) in [7, 11) is -2.50. The van der Waals surface area contributed by atoms with Crippen LogP contribution in [-0.4, -0.2) is 56.3 Å². The summed E-state index contributed by atoms with van der Waals surface area (Å²) in [4.78, 5) is 29.9. The molecular formula is C22H29N5O6S. The number of benzene rings is 1. The highest BCUT2D eigenvalue weighted by Gasteiger charge is 2.26. The molecule has 0 saturated carbocycles. The summed E-state index contributed by atoms with van der Waals surface area (Å²) < 4.78 is 38.4. The van der Waals surface area contributed by atoms with Gasteiger partial charge in [-0.05, 0) is 43.5 Å². The number of pyridine rings is 1. The normalized spacial score (nSPS) is 13.8. The fourth-order valence-corrected chi connectivity index (χ4v) is 3.97.